The van der Waals surface area contributed by atoms with Crippen LogP contribution < -0.4 is 0 Å². The maximum absolute atomic E-state index is 9.00. The molecular formula is C12H12OS2. The molecule has 78 valence electrons. The average molecular weight is 236 g/mol. The largest absolute Gasteiger partial charge is 0.392 e. The van der Waals surface area contributed by atoms with Gasteiger partial charge >= 0.3 is 0 Å². The number of benzene rings is 1. The van der Waals surface area contributed by atoms with E-state index < -0.39 is 0 Å². The number of hydrogen-bond acceptors (Lipinski definition) is 3. The Morgan fingerprint density at radius 1 is 1.33 bits per heavy atom. The van der Waals surface area contributed by atoms with Gasteiger partial charge in [-0.15, -0.1) is 11.3 Å². The molecule has 0 aliphatic heterocycles. The fourth-order valence-corrected chi connectivity index (χ4v) is 3.15. The van der Waals surface area contributed by atoms with Crippen molar-refractivity contribution >= 4 is 23.1 Å². The first-order chi connectivity index (χ1) is 7.29. The van der Waals surface area contributed by atoms with E-state index in [1.54, 1.807) is 23.1 Å². The third kappa shape index (κ3) is 2.62. The summed E-state index contributed by atoms with van der Waals surface area (Å²) in [4.78, 5) is 1.26. The van der Waals surface area contributed by atoms with E-state index in [0.717, 1.165) is 5.56 Å². The van der Waals surface area contributed by atoms with Gasteiger partial charge in [0.25, 0.3) is 0 Å². The van der Waals surface area contributed by atoms with E-state index >= 15 is 0 Å². The Kier molecular flexibility index (Phi) is 3.46. The van der Waals surface area contributed by atoms with Gasteiger partial charge in [0.2, 0.25) is 0 Å². The van der Waals surface area contributed by atoms with E-state index in [4.69, 9.17) is 5.11 Å². The summed E-state index contributed by atoms with van der Waals surface area (Å²) in [7, 11) is 0. The first kappa shape index (κ1) is 10.7. The van der Waals surface area contributed by atoms with E-state index in [-0.39, 0.29) is 6.61 Å². The monoisotopic (exact) mass is 236 g/mol. The van der Waals surface area contributed by atoms with Gasteiger partial charge < -0.3 is 5.11 Å². The Hall–Kier alpha value is -0.770. The summed E-state index contributed by atoms with van der Waals surface area (Å²) in [5, 5.41) is 11.1. The zero-order valence-electron chi connectivity index (χ0n) is 8.43. The highest BCUT2D eigenvalue weighted by atomic mass is 32.2. The van der Waals surface area contributed by atoms with E-state index in [9.17, 15) is 0 Å². The molecule has 2 aromatic rings. The van der Waals surface area contributed by atoms with Crippen LogP contribution in [0.15, 0.2) is 44.8 Å². The number of thiophene rings is 1. The maximum atomic E-state index is 9.00. The van der Waals surface area contributed by atoms with E-state index in [0.29, 0.717) is 0 Å². The SMILES string of the molecule is Cc1cc(CO)ccc1Sc1cccs1. The lowest BCUT2D eigenvalue weighted by Gasteiger charge is -2.05. The lowest BCUT2D eigenvalue weighted by Crippen LogP contribution is -1.85. The molecule has 0 unspecified atom stereocenters. The van der Waals surface area contributed by atoms with E-state index in [2.05, 4.69) is 30.5 Å². The predicted octanol–water partition coefficient (Wildman–Crippen LogP) is 3.70. The average Bonchev–Trinajstić information content (AvgIpc) is 2.74. The molecule has 0 atom stereocenters. The molecule has 0 fully saturated rings. The molecule has 1 aromatic carbocycles. The molecule has 0 saturated heterocycles. The molecule has 0 aliphatic rings. The molecule has 1 nitrogen and oxygen atoms in total. The minimum Gasteiger partial charge on any atom is -0.392 e. The van der Waals surface area contributed by atoms with Crippen LogP contribution in [0.4, 0.5) is 0 Å². The lowest BCUT2D eigenvalue weighted by atomic mass is 10.1. The molecule has 0 saturated carbocycles. The second-order valence-corrected chi connectivity index (χ2v) is 5.58. The molecule has 0 aliphatic carbocycles. The number of hydrogen-bond donors (Lipinski definition) is 1. The number of aliphatic hydroxyl groups is 1. The minimum atomic E-state index is 0.116. The predicted molar refractivity (Wildman–Crippen MR) is 65.5 cm³/mol. The Balaban J connectivity index is 2.22. The van der Waals surface area contributed by atoms with E-state index in [1.165, 1.54) is 14.7 Å². The molecule has 1 aromatic heterocycles. The van der Waals surface area contributed by atoms with Gasteiger partial charge in [-0.1, -0.05) is 30.0 Å². The second-order valence-electron chi connectivity index (χ2n) is 3.29. The lowest BCUT2D eigenvalue weighted by molar-refractivity contribution is 0.281. The van der Waals surface area contributed by atoms with Crippen molar-refractivity contribution < 1.29 is 5.11 Å². The fourth-order valence-electron chi connectivity index (χ4n) is 1.35. The minimum absolute atomic E-state index is 0.116. The van der Waals surface area contributed by atoms with Crippen molar-refractivity contribution in [1.82, 2.24) is 0 Å². The van der Waals surface area contributed by atoms with Crippen molar-refractivity contribution in [3.63, 3.8) is 0 Å². The van der Waals surface area contributed by atoms with Crippen LogP contribution in [0.25, 0.3) is 0 Å². The smallest absolute Gasteiger partial charge is 0.0681 e. The van der Waals surface area contributed by atoms with Crippen molar-refractivity contribution in [2.45, 2.75) is 22.6 Å². The van der Waals surface area contributed by atoms with Crippen molar-refractivity contribution in [3.05, 3.63) is 46.8 Å². The molecule has 3 heteroatoms. The third-order valence-corrected chi connectivity index (χ3v) is 4.34. The van der Waals surface area contributed by atoms with Crippen LogP contribution in [0.2, 0.25) is 0 Å². The van der Waals surface area contributed by atoms with Gasteiger partial charge in [0.1, 0.15) is 0 Å². The van der Waals surface area contributed by atoms with Crippen LogP contribution in [-0.4, -0.2) is 5.11 Å². The summed E-state index contributed by atoms with van der Waals surface area (Å²) in [6, 6.07) is 10.3. The van der Waals surface area contributed by atoms with Gasteiger partial charge in [0.05, 0.1) is 10.8 Å². The Labute approximate surface area is 97.8 Å². The van der Waals surface area contributed by atoms with Crippen molar-refractivity contribution in [2.24, 2.45) is 0 Å². The van der Waals surface area contributed by atoms with Crippen LogP contribution in [0.3, 0.4) is 0 Å². The zero-order chi connectivity index (χ0) is 10.7. The molecule has 1 N–H and O–H groups in total. The van der Waals surface area contributed by atoms with Crippen molar-refractivity contribution in [2.75, 3.05) is 0 Å². The normalized spacial score (nSPS) is 10.5. The Morgan fingerprint density at radius 3 is 2.80 bits per heavy atom. The van der Waals surface area contributed by atoms with Gasteiger partial charge in [-0.2, -0.15) is 0 Å². The highest BCUT2D eigenvalue weighted by Crippen LogP contribution is 2.33. The molecule has 15 heavy (non-hydrogen) atoms. The second kappa shape index (κ2) is 4.84. The summed E-state index contributed by atoms with van der Waals surface area (Å²) in [6.45, 7) is 2.19. The molecule has 1 heterocycles. The zero-order valence-corrected chi connectivity index (χ0v) is 10.1. The van der Waals surface area contributed by atoms with Gasteiger partial charge in [-0.3, -0.25) is 0 Å². The fraction of sp³-hybridized carbons (Fsp3) is 0.167. The Bertz CT molecular complexity index is 435. The van der Waals surface area contributed by atoms with Crippen molar-refractivity contribution in [1.29, 1.82) is 0 Å². The summed E-state index contributed by atoms with van der Waals surface area (Å²) in [6.07, 6.45) is 0. The maximum Gasteiger partial charge on any atom is 0.0681 e. The van der Waals surface area contributed by atoms with Crippen LogP contribution in [0.1, 0.15) is 11.1 Å². The molecule has 0 amide bonds. The molecule has 0 radical (unpaired) electrons. The van der Waals surface area contributed by atoms with Gasteiger partial charge in [-0.05, 0) is 35.6 Å². The Morgan fingerprint density at radius 2 is 2.20 bits per heavy atom. The number of aliphatic hydroxyl groups excluding tert-OH is 1. The first-order valence-corrected chi connectivity index (χ1v) is 6.41. The molecular weight excluding hydrogens is 224 g/mol. The van der Waals surface area contributed by atoms with Crippen LogP contribution in [0, 0.1) is 6.92 Å². The third-order valence-electron chi connectivity index (χ3n) is 2.13. The summed E-state index contributed by atoms with van der Waals surface area (Å²) >= 11 is 3.53. The highest BCUT2D eigenvalue weighted by Gasteiger charge is 2.02. The van der Waals surface area contributed by atoms with Crippen molar-refractivity contribution in [3.8, 4) is 0 Å². The number of rotatable bonds is 3. The summed E-state index contributed by atoms with van der Waals surface area (Å²) < 4.78 is 1.30. The highest BCUT2D eigenvalue weighted by molar-refractivity contribution is 8.01. The molecule has 0 bridgehead atoms. The van der Waals surface area contributed by atoms with Gasteiger partial charge in [0, 0.05) is 4.90 Å². The molecule has 2 rings (SSSR count). The van der Waals surface area contributed by atoms with Gasteiger partial charge in [0.15, 0.2) is 0 Å². The van der Waals surface area contributed by atoms with Crippen LogP contribution in [0.5, 0.6) is 0 Å². The topological polar surface area (TPSA) is 20.2 Å². The first-order valence-electron chi connectivity index (χ1n) is 4.71. The van der Waals surface area contributed by atoms with Gasteiger partial charge in [-0.25, -0.2) is 0 Å². The van der Waals surface area contributed by atoms with E-state index in [1.807, 2.05) is 12.1 Å². The summed E-state index contributed by atoms with van der Waals surface area (Å²) in [5.74, 6) is 0. The quantitative estimate of drug-likeness (QED) is 0.877. The van der Waals surface area contributed by atoms with Crippen LogP contribution in [-0.2, 0) is 6.61 Å². The summed E-state index contributed by atoms with van der Waals surface area (Å²) in [5.41, 5.74) is 2.20. The number of aryl methyl sites for hydroxylation is 1. The molecule has 0 spiro atoms. The standard InChI is InChI=1S/C12H12OS2/c1-9-7-10(8-13)4-5-11(9)15-12-3-2-6-14-12/h2-7,13H,8H2,1H3. The van der Waals surface area contributed by atoms with Crippen LogP contribution >= 0.6 is 23.1 Å².